The molecule has 0 heterocycles. The van der Waals surface area contributed by atoms with Crippen LogP contribution in [0.3, 0.4) is 0 Å². The summed E-state index contributed by atoms with van der Waals surface area (Å²) in [6, 6.07) is 0. The fourth-order valence-corrected chi connectivity index (χ4v) is 2.47. The largest absolute Gasteiger partial charge is 0.469 e. The first-order valence-electron chi connectivity index (χ1n) is 9.12. The van der Waals surface area contributed by atoms with Gasteiger partial charge in [0.05, 0.1) is 13.2 Å². The molecule has 0 spiro atoms. The minimum Gasteiger partial charge on any atom is -0.469 e. The summed E-state index contributed by atoms with van der Waals surface area (Å²) < 4.78 is 4.60. The zero-order valence-corrected chi connectivity index (χ0v) is 14.7. The van der Waals surface area contributed by atoms with Gasteiger partial charge in [-0.3, -0.25) is 4.79 Å². The molecule has 0 radical (unpaired) electrons. The Bertz CT molecular complexity index is 274. The molecule has 0 amide bonds. The first kappa shape index (κ1) is 21.2. The van der Waals surface area contributed by atoms with Crippen LogP contribution in [0.5, 0.6) is 0 Å². The molecule has 0 aliphatic carbocycles. The van der Waals surface area contributed by atoms with E-state index in [1.165, 1.54) is 39.2 Å². The van der Waals surface area contributed by atoms with E-state index in [-0.39, 0.29) is 12.1 Å². The zero-order valence-electron chi connectivity index (χ0n) is 14.7. The van der Waals surface area contributed by atoms with Crippen molar-refractivity contribution in [1.82, 2.24) is 0 Å². The zero-order chi connectivity index (χ0) is 16.5. The maximum absolute atomic E-state index is 10.9. The highest BCUT2D eigenvalue weighted by atomic mass is 16.5. The molecule has 1 atom stereocenters. The van der Waals surface area contributed by atoms with E-state index in [0.29, 0.717) is 6.42 Å². The van der Waals surface area contributed by atoms with Crippen LogP contribution in [0, 0.1) is 0 Å². The standard InChI is InChI=1S/C19H36O3/c1-3-4-5-6-9-12-15-18(20)16-13-10-7-8-11-14-17-19(21)22-2/h13,16,18,20H,3-12,14-15,17H2,1-2H3. The van der Waals surface area contributed by atoms with E-state index in [4.69, 9.17) is 0 Å². The van der Waals surface area contributed by atoms with E-state index in [1.54, 1.807) is 0 Å². The topological polar surface area (TPSA) is 46.5 Å². The average Bonchev–Trinajstić information content (AvgIpc) is 2.52. The Morgan fingerprint density at radius 2 is 1.64 bits per heavy atom. The summed E-state index contributed by atoms with van der Waals surface area (Å²) in [6.45, 7) is 2.23. The summed E-state index contributed by atoms with van der Waals surface area (Å²) in [7, 11) is 1.43. The normalized spacial score (nSPS) is 12.7. The fourth-order valence-electron chi connectivity index (χ4n) is 2.47. The quantitative estimate of drug-likeness (QED) is 0.258. The lowest BCUT2D eigenvalue weighted by atomic mass is 10.1. The van der Waals surface area contributed by atoms with Crippen LogP contribution in [0.2, 0.25) is 0 Å². The molecular formula is C19H36O3. The van der Waals surface area contributed by atoms with Crippen molar-refractivity contribution in [3.8, 4) is 0 Å². The molecule has 3 nitrogen and oxygen atoms in total. The van der Waals surface area contributed by atoms with Gasteiger partial charge in [0.15, 0.2) is 0 Å². The van der Waals surface area contributed by atoms with Crippen LogP contribution in [0.25, 0.3) is 0 Å². The number of methoxy groups -OCH3 is 1. The minimum atomic E-state index is -0.273. The van der Waals surface area contributed by atoms with Gasteiger partial charge in [-0.1, -0.05) is 70.4 Å². The molecule has 0 aliphatic heterocycles. The van der Waals surface area contributed by atoms with Crippen molar-refractivity contribution < 1.29 is 14.6 Å². The van der Waals surface area contributed by atoms with Gasteiger partial charge in [-0.25, -0.2) is 0 Å². The van der Waals surface area contributed by atoms with Crippen LogP contribution in [-0.4, -0.2) is 24.3 Å². The summed E-state index contributed by atoms with van der Waals surface area (Å²) in [5.41, 5.74) is 0. The van der Waals surface area contributed by atoms with Crippen molar-refractivity contribution in [2.45, 2.75) is 96.5 Å². The van der Waals surface area contributed by atoms with Crippen molar-refractivity contribution in [2.75, 3.05) is 7.11 Å². The van der Waals surface area contributed by atoms with Gasteiger partial charge >= 0.3 is 5.97 Å². The van der Waals surface area contributed by atoms with Crippen molar-refractivity contribution in [3.63, 3.8) is 0 Å². The van der Waals surface area contributed by atoms with Crippen LogP contribution < -0.4 is 0 Å². The lowest BCUT2D eigenvalue weighted by Gasteiger charge is -2.05. The Hall–Kier alpha value is -0.830. The number of rotatable bonds is 15. The Morgan fingerprint density at radius 3 is 2.36 bits per heavy atom. The molecular weight excluding hydrogens is 276 g/mol. The molecule has 0 saturated carbocycles. The van der Waals surface area contributed by atoms with Gasteiger partial charge < -0.3 is 9.84 Å². The van der Waals surface area contributed by atoms with Gasteiger partial charge in [0, 0.05) is 6.42 Å². The highest BCUT2D eigenvalue weighted by Crippen LogP contribution is 2.10. The molecule has 0 aromatic carbocycles. The van der Waals surface area contributed by atoms with E-state index < -0.39 is 0 Å². The van der Waals surface area contributed by atoms with Crippen LogP contribution in [0.15, 0.2) is 12.2 Å². The van der Waals surface area contributed by atoms with E-state index in [1.807, 2.05) is 6.08 Å². The smallest absolute Gasteiger partial charge is 0.305 e. The van der Waals surface area contributed by atoms with E-state index in [9.17, 15) is 9.90 Å². The highest BCUT2D eigenvalue weighted by molar-refractivity contribution is 5.68. The van der Waals surface area contributed by atoms with Gasteiger partial charge in [-0.05, 0) is 25.7 Å². The molecule has 0 rings (SSSR count). The first-order valence-corrected chi connectivity index (χ1v) is 9.12. The average molecular weight is 312 g/mol. The lowest BCUT2D eigenvalue weighted by Crippen LogP contribution is -2.01. The van der Waals surface area contributed by atoms with Crippen molar-refractivity contribution in [3.05, 3.63) is 12.2 Å². The van der Waals surface area contributed by atoms with Crippen molar-refractivity contribution >= 4 is 5.97 Å². The number of carbonyl (C=O) groups excluding carboxylic acids is 1. The molecule has 3 heteroatoms. The Morgan fingerprint density at radius 1 is 1.00 bits per heavy atom. The SMILES string of the molecule is CCCCCCCCC(O)C=CCCCCCCC(=O)OC. The Balaban J connectivity index is 3.31. The fraction of sp³-hybridized carbons (Fsp3) is 0.842. The first-order chi connectivity index (χ1) is 10.7. The molecule has 0 aromatic rings. The number of allylic oxidation sites excluding steroid dienone is 1. The third-order valence-electron chi connectivity index (χ3n) is 3.94. The predicted octanol–water partition coefficient (Wildman–Crippen LogP) is 5.17. The van der Waals surface area contributed by atoms with Crippen LogP contribution >= 0.6 is 0 Å². The van der Waals surface area contributed by atoms with Crippen molar-refractivity contribution in [1.29, 1.82) is 0 Å². The highest BCUT2D eigenvalue weighted by Gasteiger charge is 2.00. The number of aliphatic hydroxyl groups excluding tert-OH is 1. The monoisotopic (exact) mass is 312 g/mol. The summed E-state index contributed by atoms with van der Waals surface area (Å²) >= 11 is 0. The maximum Gasteiger partial charge on any atom is 0.305 e. The second-order valence-electron chi connectivity index (χ2n) is 6.08. The molecule has 1 unspecified atom stereocenters. The molecule has 130 valence electrons. The summed E-state index contributed by atoms with van der Waals surface area (Å²) in [5, 5.41) is 9.84. The summed E-state index contributed by atoms with van der Waals surface area (Å²) in [4.78, 5) is 10.9. The van der Waals surface area contributed by atoms with E-state index in [0.717, 1.165) is 44.9 Å². The Labute approximate surface area is 137 Å². The number of esters is 1. The Kier molecular flexibility index (Phi) is 15.9. The summed E-state index contributed by atoms with van der Waals surface area (Å²) in [5.74, 6) is -0.113. The third-order valence-corrected chi connectivity index (χ3v) is 3.94. The van der Waals surface area contributed by atoms with Crippen LogP contribution in [0.1, 0.15) is 90.4 Å². The lowest BCUT2D eigenvalue weighted by molar-refractivity contribution is -0.140. The molecule has 0 aromatic heterocycles. The summed E-state index contributed by atoms with van der Waals surface area (Å²) in [6.07, 6.45) is 18.1. The minimum absolute atomic E-state index is 0.113. The molecule has 0 saturated heterocycles. The second-order valence-corrected chi connectivity index (χ2v) is 6.08. The third kappa shape index (κ3) is 15.6. The van der Waals surface area contributed by atoms with Gasteiger partial charge in [-0.15, -0.1) is 0 Å². The number of aliphatic hydroxyl groups is 1. The number of ether oxygens (including phenoxy) is 1. The molecule has 0 fully saturated rings. The molecule has 0 aliphatic rings. The molecule has 22 heavy (non-hydrogen) atoms. The van der Waals surface area contributed by atoms with Crippen LogP contribution in [0.4, 0.5) is 0 Å². The molecule has 0 bridgehead atoms. The van der Waals surface area contributed by atoms with Gasteiger partial charge in [0.1, 0.15) is 0 Å². The molecule has 1 N–H and O–H groups in total. The van der Waals surface area contributed by atoms with Crippen molar-refractivity contribution in [2.24, 2.45) is 0 Å². The van der Waals surface area contributed by atoms with E-state index in [2.05, 4.69) is 17.7 Å². The van der Waals surface area contributed by atoms with Gasteiger partial charge in [0.25, 0.3) is 0 Å². The second kappa shape index (κ2) is 16.5. The van der Waals surface area contributed by atoms with E-state index >= 15 is 0 Å². The number of carbonyl (C=O) groups is 1. The van der Waals surface area contributed by atoms with Crippen LogP contribution in [-0.2, 0) is 9.53 Å². The number of unbranched alkanes of at least 4 members (excludes halogenated alkanes) is 9. The number of hydrogen-bond acceptors (Lipinski definition) is 3. The predicted molar refractivity (Wildman–Crippen MR) is 92.9 cm³/mol. The van der Waals surface area contributed by atoms with Gasteiger partial charge in [-0.2, -0.15) is 0 Å². The van der Waals surface area contributed by atoms with Gasteiger partial charge in [0.2, 0.25) is 0 Å². The maximum atomic E-state index is 10.9. The number of hydrogen-bond donors (Lipinski definition) is 1.